The molecule has 0 aliphatic carbocycles. The van der Waals surface area contributed by atoms with Gasteiger partial charge < -0.3 is 10.2 Å². The fourth-order valence-corrected chi connectivity index (χ4v) is 3.02. The molecule has 2 fully saturated rings. The number of nitrogens with one attached hydrogen (secondary N) is 1. The number of nitrogens with zero attached hydrogens (tertiary/aromatic N) is 1. The highest BCUT2D eigenvalue weighted by molar-refractivity contribution is 5.82. The van der Waals surface area contributed by atoms with Crippen LogP contribution in [0.1, 0.15) is 18.4 Å². The second-order valence-electron chi connectivity index (χ2n) is 5.24. The van der Waals surface area contributed by atoms with E-state index in [4.69, 9.17) is 0 Å². The number of hydrogen-bond donors (Lipinski definition) is 1. The predicted octanol–water partition coefficient (Wildman–Crippen LogP) is 1.68. The van der Waals surface area contributed by atoms with Gasteiger partial charge in [-0.15, -0.1) is 0 Å². The molecule has 5 heteroatoms. The lowest BCUT2D eigenvalue weighted by atomic mass is 9.94. The van der Waals surface area contributed by atoms with Crippen LogP contribution in [0.15, 0.2) is 18.2 Å². The molecule has 3 nitrogen and oxygen atoms in total. The Hall–Kier alpha value is -1.49. The SMILES string of the molecule is O=C1C2CCCNC2CN1Cc1cccc(F)c1F. The fourth-order valence-electron chi connectivity index (χ4n) is 3.02. The van der Waals surface area contributed by atoms with E-state index >= 15 is 0 Å². The molecule has 1 aromatic rings. The molecule has 2 atom stereocenters. The number of hydrogen-bond acceptors (Lipinski definition) is 2. The molecule has 0 aromatic heterocycles. The molecule has 1 aromatic carbocycles. The van der Waals surface area contributed by atoms with Crippen LogP contribution in [0.3, 0.4) is 0 Å². The number of likely N-dealkylation sites (tertiary alicyclic amines) is 1. The van der Waals surface area contributed by atoms with Gasteiger partial charge in [0, 0.05) is 24.7 Å². The molecule has 0 bridgehead atoms. The first-order chi connectivity index (χ1) is 9.16. The topological polar surface area (TPSA) is 32.3 Å². The van der Waals surface area contributed by atoms with Crippen LogP contribution in [0.25, 0.3) is 0 Å². The van der Waals surface area contributed by atoms with Crippen LogP contribution in [0, 0.1) is 17.6 Å². The molecular weight excluding hydrogens is 250 g/mol. The summed E-state index contributed by atoms with van der Waals surface area (Å²) >= 11 is 0. The molecule has 1 N–H and O–H groups in total. The fraction of sp³-hybridized carbons (Fsp3) is 0.500. The van der Waals surface area contributed by atoms with Crippen molar-refractivity contribution < 1.29 is 13.6 Å². The number of halogens is 2. The molecule has 0 radical (unpaired) electrons. The summed E-state index contributed by atoms with van der Waals surface area (Å²) in [5.41, 5.74) is 0.243. The van der Waals surface area contributed by atoms with E-state index in [9.17, 15) is 13.6 Å². The normalized spacial score (nSPS) is 26.6. The summed E-state index contributed by atoms with van der Waals surface area (Å²) in [6.45, 7) is 1.66. The maximum absolute atomic E-state index is 13.6. The van der Waals surface area contributed by atoms with Gasteiger partial charge in [-0.05, 0) is 25.5 Å². The van der Waals surface area contributed by atoms with Gasteiger partial charge in [0.15, 0.2) is 11.6 Å². The third kappa shape index (κ3) is 2.23. The Kier molecular flexibility index (Phi) is 3.22. The van der Waals surface area contributed by atoms with Crippen molar-refractivity contribution in [2.75, 3.05) is 13.1 Å². The third-order valence-corrected chi connectivity index (χ3v) is 4.02. The average Bonchev–Trinajstić information content (AvgIpc) is 2.73. The Bertz CT molecular complexity index is 506. The van der Waals surface area contributed by atoms with Crippen LogP contribution in [-0.4, -0.2) is 29.9 Å². The van der Waals surface area contributed by atoms with E-state index in [2.05, 4.69) is 5.32 Å². The van der Waals surface area contributed by atoms with Gasteiger partial charge in [-0.25, -0.2) is 8.78 Å². The van der Waals surface area contributed by atoms with Gasteiger partial charge in [-0.2, -0.15) is 0 Å². The molecule has 19 heavy (non-hydrogen) atoms. The quantitative estimate of drug-likeness (QED) is 0.883. The number of amides is 1. The molecule has 2 aliphatic rings. The van der Waals surface area contributed by atoms with Gasteiger partial charge in [0.25, 0.3) is 0 Å². The van der Waals surface area contributed by atoms with Gasteiger partial charge in [-0.3, -0.25) is 4.79 Å². The van der Waals surface area contributed by atoms with E-state index in [1.807, 2.05) is 0 Å². The molecule has 1 amide bonds. The van der Waals surface area contributed by atoms with Gasteiger partial charge >= 0.3 is 0 Å². The largest absolute Gasteiger partial charge is 0.336 e. The van der Waals surface area contributed by atoms with Crippen LogP contribution in [0.4, 0.5) is 8.78 Å². The van der Waals surface area contributed by atoms with E-state index < -0.39 is 11.6 Å². The summed E-state index contributed by atoms with van der Waals surface area (Å²) in [6.07, 6.45) is 1.88. The third-order valence-electron chi connectivity index (χ3n) is 4.02. The number of piperidine rings is 1. The summed E-state index contributed by atoms with van der Waals surface area (Å²) in [5, 5.41) is 3.32. The molecule has 0 saturated carbocycles. The van der Waals surface area contributed by atoms with Crippen molar-refractivity contribution in [1.82, 2.24) is 10.2 Å². The van der Waals surface area contributed by atoms with E-state index in [0.29, 0.717) is 6.54 Å². The summed E-state index contributed by atoms with van der Waals surface area (Å²) in [6, 6.07) is 4.25. The zero-order chi connectivity index (χ0) is 13.4. The molecular formula is C14H16F2N2O. The Morgan fingerprint density at radius 1 is 1.37 bits per heavy atom. The molecule has 2 aliphatic heterocycles. The van der Waals surface area contributed by atoms with Crippen molar-refractivity contribution >= 4 is 5.91 Å². The van der Waals surface area contributed by atoms with Crippen molar-refractivity contribution in [3.63, 3.8) is 0 Å². The van der Waals surface area contributed by atoms with Gasteiger partial charge in [0.05, 0.1) is 5.92 Å². The van der Waals surface area contributed by atoms with Crippen molar-refractivity contribution in [2.24, 2.45) is 5.92 Å². The first kappa shape index (κ1) is 12.5. The van der Waals surface area contributed by atoms with Crippen LogP contribution >= 0.6 is 0 Å². The second kappa shape index (κ2) is 4.89. The maximum Gasteiger partial charge on any atom is 0.227 e. The predicted molar refractivity (Wildman–Crippen MR) is 66.3 cm³/mol. The van der Waals surface area contributed by atoms with Crippen molar-refractivity contribution in [1.29, 1.82) is 0 Å². The lowest BCUT2D eigenvalue weighted by molar-refractivity contribution is -0.131. The number of rotatable bonds is 2. The highest BCUT2D eigenvalue weighted by atomic mass is 19.2. The van der Waals surface area contributed by atoms with Crippen LogP contribution in [-0.2, 0) is 11.3 Å². The Labute approximate surface area is 110 Å². The minimum atomic E-state index is -0.861. The van der Waals surface area contributed by atoms with Crippen molar-refractivity contribution in [3.05, 3.63) is 35.4 Å². The molecule has 0 spiro atoms. The number of fused-ring (bicyclic) bond motifs is 1. The number of carbonyl (C=O) groups is 1. The van der Waals surface area contributed by atoms with Crippen LogP contribution < -0.4 is 5.32 Å². The zero-order valence-electron chi connectivity index (χ0n) is 10.5. The molecule has 2 unspecified atom stereocenters. The van der Waals surface area contributed by atoms with Crippen LogP contribution in [0.2, 0.25) is 0 Å². The van der Waals surface area contributed by atoms with Crippen LogP contribution in [0.5, 0.6) is 0 Å². The Balaban J connectivity index is 1.77. The van der Waals surface area contributed by atoms with E-state index in [-0.39, 0.29) is 30.0 Å². The monoisotopic (exact) mass is 266 g/mol. The highest BCUT2D eigenvalue weighted by Gasteiger charge is 2.41. The highest BCUT2D eigenvalue weighted by Crippen LogP contribution is 2.28. The number of benzene rings is 1. The van der Waals surface area contributed by atoms with Gasteiger partial charge in [0.2, 0.25) is 5.91 Å². The van der Waals surface area contributed by atoms with E-state index in [1.54, 1.807) is 4.90 Å². The molecule has 102 valence electrons. The first-order valence-corrected chi connectivity index (χ1v) is 6.62. The lowest BCUT2D eigenvalue weighted by Gasteiger charge is -2.23. The van der Waals surface area contributed by atoms with Crippen molar-refractivity contribution in [2.45, 2.75) is 25.4 Å². The summed E-state index contributed by atoms with van der Waals surface area (Å²) in [7, 11) is 0. The zero-order valence-corrected chi connectivity index (χ0v) is 10.5. The minimum Gasteiger partial charge on any atom is -0.336 e. The number of carbonyl (C=O) groups excluding carboxylic acids is 1. The maximum atomic E-state index is 13.6. The lowest BCUT2D eigenvalue weighted by Crippen LogP contribution is -2.41. The molecule has 2 heterocycles. The second-order valence-corrected chi connectivity index (χ2v) is 5.24. The van der Waals surface area contributed by atoms with Gasteiger partial charge in [0.1, 0.15) is 0 Å². The van der Waals surface area contributed by atoms with E-state index in [0.717, 1.165) is 25.5 Å². The summed E-state index contributed by atoms with van der Waals surface area (Å²) in [5.74, 6) is -1.65. The standard InChI is InChI=1S/C14H16F2N2O/c15-11-5-1-3-9(13(11)16)7-18-8-12-10(14(18)19)4-2-6-17-12/h1,3,5,10,12,17H,2,4,6-8H2. The Morgan fingerprint density at radius 2 is 2.21 bits per heavy atom. The average molecular weight is 266 g/mol. The van der Waals surface area contributed by atoms with Gasteiger partial charge in [-0.1, -0.05) is 12.1 Å². The molecule has 2 saturated heterocycles. The Morgan fingerprint density at radius 3 is 3.00 bits per heavy atom. The molecule has 3 rings (SSSR count). The summed E-state index contributed by atoms with van der Waals surface area (Å²) in [4.78, 5) is 13.8. The smallest absolute Gasteiger partial charge is 0.227 e. The van der Waals surface area contributed by atoms with E-state index in [1.165, 1.54) is 12.1 Å². The van der Waals surface area contributed by atoms with Crippen molar-refractivity contribution in [3.8, 4) is 0 Å². The minimum absolute atomic E-state index is 0.00497. The summed E-state index contributed by atoms with van der Waals surface area (Å²) < 4.78 is 26.8. The first-order valence-electron chi connectivity index (χ1n) is 6.62.